The number of hydrogen-bond acceptors (Lipinski definition) is 5. The molecule has 6 heteroatoms. The lowest BCUT2D eigenvalue weighted by Crippen LogP contribution is -2.32. The molecular weight excluding hydrogens is 342 g/mol. The van der Waals surface area contributed by atoms with Crippen LogP contribution in [0.4, 0.5) is 0 Å². The summed E-state index contributed by atoms with van der Waals surface area (Å²) in [4.78, 5) is 24.1. The van der Waals surface area contributed by atoms with Crippen molar-refractivity contribution in [2.45, 2.75) is 53.0 Å². The van der Waals surface area contributed by atoms with Crippen molar-refractivity contribution in [2.75, 3.05) is 7.05 Å². The molecule has 1 aliphatic carbocycles. The van der Waals surface area contributed by atoms with Crippen LogP contribution in [0.25, 0.3) is 0 Å². The molecule has 1 aromatic rings. The van der Waals surface area contributed by atoms with E-state index in [0.29, 0.717) is 17.5 Å². The summed E-state index contributed by atoms with van der Waals surface area (Å²) in [5.74, 6) is -0.396. The number of fused-ring (bicyclic) bond motifs is 1. The molecule has 140 valence electrons. The number of carbonyl (C=O) groups is 2. The van der Waals surface area contributed by atoms with Gasteiger partial charge in [-0.25, -0.2) is 0 Å². The van der Waals surface area contributed by atoms with E-state index in [4.69, 9.17) is 9.47 Å². The van der Waals surface area contributed by atoms with Crippen LogP contribution in [-0.2, 0) is 22.4 Å². The van der Waals surface area contributed by atoms with Crippen LogP contribution in [0.2, 0.25) is 0 Å². The number of ether oxygens (including phenoxy) is 2. The fourth-order valence-corrected chi connectivity index (χ4v) is 2.68. The van der Waals surface area contributed by atoms with E-state index in [-0.39, 0.29) is 36.2 Å². The Morgan fingerprint density at radius 1 is 1.08 bits per heavy atom. The summed E-state index contributed by atoms with van der Waals surface area (Å²) >= 11 is 0. The van der Waals surface area contributed by atoms with E-state index in [2.05, 4.69) is 5.32 Å². The number of benzene rings is 1. The Kier molecular flexibility index (Phi) is 7.90. The van der Waals surface area contributed by atoms with Crippen molar-refractivity contribution < 1.29 is 19.1 Å². The van der Waals surface area contributed by atoms with Gasteiger partial charge in [-0.15, -0.1) is 12.4 Å². The molecule has 0 amide bonds. The fourth-order valence-electron chi connectivity index (χ4n) is 2.68. The number of esters is 2. The summed E-state index contributed by atoms with van der Waals surface area (Å²) in [6, 6.07) is 4.12. The van der Waals surface area contributed by atoms with Crippen molar-refractivity contribution in [2.24, 2.45) is 11.8 Å². The summed E-state index contributed by atoms with van der Waals surface area (Å²) in [6.07, 6.45) is 2.61. The minimum Gasteiger partial charge on any atom is -0.422 e. The summed E-state index contributed by atoms with van der Waals surface area (Å²) < 4.78 is 11.1. The maximum atomic E-state index is 12.1. The first-order chi connectivity index (χ1) is 11.3. The molecule has 0 bridgehead atoms. The number of halogens is 1. The largest absolute Gasteiger partial charge is 0.422 e. The Morgan fingerprint density at radius 2 is 1.68 bits per heavy atom. The first kappa shape index (κ1) is 21.5. The van der Waals surface area contributed by atoms with Crippen molar-refractivity contribution in [1.82, 2.24) is 5.32 Å². The second-order valence-electron chi connectivity index (χ2n) is 6.91. The van der Waals surface area contributed by atoms with E-state index < -0.39 is 0 Å². The quantitative estimate of drug-likeness (QED) is 0.637. The molecule has 1 N–H and O–H groups in total. The predicted molar refractivity (Wildman–Crippen MR) is 99.5 cm³/mol. The van der Waals surface area contributed by atoms with Gasteiger partial charge < -0.3 is 14.8 Å². The molecule has 0 saturated heterocycles. The van der Waals surface area contributed by atoms with E-state index in [0.717, 1.165) is 30.4 Å². The van der Waals surface area contributed by atoms with Gasteiger partial charge >= 0.3 is 11.9 Å². The fraction of sp³-hybridized carbons (Fsp3) is 0.579. The maximum absolute atomic E-state index is 12.1. The molecule has 0 saturated carbocycles. The second kappa shape index (κ2) is 9.20. The lowest BCUT2D eigenvalue weighted by Gasteiger charge is -2.27. The van der Waals surface area contributed by atoms with E-state index in [1.807, 2.05) is 13.1 Å². The zero-order valence-electron chi connectivity index (χ0n) is 15.5. The van der Waals surface area contributed by atoms with Crippen LogP contribution in [0.1, 0.15) is 45.2 Å². The Hall–Kier alpha value is -1.59. The number of carbonyl (C=O) groups excluding carboxylic acids is 2. The van der Waals surface area contributed by atoms with Crippen molar-refractivity contribution in [3.63, 3.8) is 0 Å². The monoisotopic (exact) mass is 369 g/mol. The third-order valence-corrected chi connectivity index (χ3v) is 4.29. The van der Waals surface area contributed by atoms with Crippen LogP contribution in [0.3, 0.4) is 0 Å². The van der Waals surface area contributed by atoms with Crippen molar-refractivity contribution in [3.05, 3.63) is 23.3 Å². The van der Waals surface area contributed by atoms with Gasteiger partial charge in [0.05, 0.1) is 11.8 Å². The highest BCUT2D eigenvalue weighted by atomic mass is 35.5. The first-order valence-corrected chi connectivity index (χ1v) is 8.58. The highest BCUT2D eigenvalue weighted by Crippen LogP contribution is 2.38. The van der Waals surface area contributed by atoms with Gasteiger partial charge in [0, 0.05) is 11.6 Å². The maximum Gasteiger partial charge on any atom is 0.313 e. The third kappa shape index (κ3) is 5.19. The van der Waals surface area contributed by atoms with Crippen molar-refractivity contribution in [1.29, 1.82) is 0 Å². The molecule has 1 unspecified atom stereocenters. The average molecular weight is 370 g/mol. The summed E-state index contributed by atoms with van der Waals surface area (Å²) in [5.41, 5.74) is 2.11. The Bertz CT molecular complexity index is 628. The van der Waals surface area contributed by atoms with E-state index in [9.17, 15) is 9.59 Å². The van der Waals surface area contributed by atoms with Gasteiger partial charge in [-0.1, -0.05) is 33.8 Å². The zero-order valence-corrected chi connectivity index (χ0v) is 16.4. The molecule has 0 spiro atoms. The van der Waals surface area contributed by atoms with Crippen LogP contribution in [0, 0.1) is 11.8 Å². The lowest BCUT2D eigenvalue weighted by molar-refractivity contribution is -0.140. The molecule has 25 heavy (non-hydrogen) atoms. The number of nitrogens with one attached hydrogen (secondary N) is 1. The second-order valence-corrected chi connectivity index (χ2v) is 6.91. The Morgan fingerprint density at radius 3 is 2.24 bits per heavy atom. The van der Waals surface area contributed by atoms with Gasteiger partial charge in [0.25, 0.3) is 0 Å². The zero-order chi connectivity index (χ0) is 17.9. The minimum absolute atomic E-state index is 0. The molecule has 0 aliphatic heterocycles. The topological polar surface area (TPSA) is 64.6 Å². The van der Waals surface area contributed by atoms with Crippen molar-refractivity contribution >= 4 is 24.3 Å². The predicted octanol–water partition coefficient (Wildman–Crippen LogP) is 3.31. The SMILES string of the molecule is CNC1CCc2c(ccc(OC(=O)C(C)C)c2OC(=O)C(C)C)C1.Cl. The molecule has 0 heterocycles. The molecule has 0 fully saturated rings. The molecule has 0 aromatic heterocycles. The molecule has 0 radical (unpaired) electrons. The first-order valence-electron chi connectivity index (χ1n) is 8.58. The molecule has 1 atom stereocenters. The molecule has 2 rings (SSSR count). The van der Waals surface area contributed by atoms with Crippen LogP contribution < -0.4 is 14.8 Å². The van der Waals surface area contributed by atoms with E-state index in [1.165, 1.54) is 0 Å². The Balaban J connectivity index is 0.00000312. The van der Waals surface area contributed by atoms with E-state index >= 15 is 0 Å². The van der Waals surface area contributed by atoms with Crippen LogP contribution in [0.15, 0.2) is 12.1 Å². The number of likely N-dealkylation sites (N-methyl/N-ethyl adjacent to an activating group) is 1. The van der Waals surface area contributed by atoms with Gasteiger partial charge in [-0.05, 0) is 37.9 Å². The molecule has 1 aromatic carbocycles. The minimum atomic E-state index is -0.333. The highest BCUT2D eigenvalue weighted by molar-refractivity contribution is 5.85. The summed E-state index contributed by atoms with van der Waals surface area (Å²) in [6.45, 7) is 7.12. The van der Waals surface area contributed by atoms with Crippen LogP contribution in [0.5, 0.6) is 11.5 Å². The highest BCUT2D eigenvalue weighted by Gasteiger charge is 2.26. The lowest BCUT2D eigenvalue weighted by atomic mass is 9.87. The standard InChI is InChI=1S/C19H27NO4.ClH/c1-11(2)18(21)23-16-9-6-13-10-14(20-5)7-8-15(13)17(16)24-19(22)12(3)4;/h6,9,11-12,14,20H,7-8,10H2,1-5H3;1H. The van der Waals surface area contributed by atoms with Gasteiger partial charge in [0.15, 0.2) is 11.5 Å². The van der Waals surface area contributed by atoms with Gasteiger partial charge in [0.1, 0.15) is 0 Å². The molecule has 1 aliphatic rings. The smallest absolute Gasteiger partial charge is 0.313 e. The Labute approximate surface area is 155 Å². The molecule has 5 nitrogen and oxygen atoms in total. The van der Waals surface area contributed by atoms with E-state index in [1.54, 1.807) is 33.8 Å². The van der Waals surface area contributed by atoms with Gasteiger partial charge in [-0.3, -0.25) is 9.59 Å². The van der Waals surface area contributed by atoms with Crippen LogP contribution in [-0.4, -0.2) is 25.0 Å². The third-order valence-electron chi connectivity index (χ3n) is 4.29. The number of rotatable bonds is 5. The van der Waals surface area contributed by atoms with Gasteiger partial charge in [0.2, 0.25) is 0 Å². The van der Waals surface area contributed by atoms with Crippen molar-refractivity contribution in [3.8, 4) is 11.5 Å². The normalized spacial score (nSPS) is 16.2. The molecular formula is C19H28ClNO4. The summed E-state index contributed by atoms with van der Waals surface area (Å²) in [7, 11) is 1.95. The average Bonchev–Trinajstić information content (AvgIpc) is 2.55. The van der Waals surface area contributed by atoms with Crippen LogP contribution >= 0.6 is 12.4 Å². The summed E-state index contributed by atoms with van der Waals surface area (Å²) in [5, 5.41) is 3.29. The number of hydrogen-bond donors (Lipinski definition) is 1. The van der Waals surface area contributed by atoms with Gasteiger partial charge in [-0.2, -0.15) is 0 Å².